The molecule has 0 amide bonds. The maximum Gasteiger partial charge on any atom is 0.155 e. The maximum atomic E-state index is 5.53. The Morgan fingerprint density at radius 3 is 2.44 bits per heavy atom. The van der Waals surface area contributed by atoms with E-state index in [-0.39, 0.29) is 0 Å². The molecular formula is C14H18N4. The Morgan fingerprint density at radius 2 is 1.89 bits per heavy atom. The lowest BCUT2D eigenvalue weighted by molar-refractivity contribution is 0.868. The van der Waals surface area contributed by atoms with Crippen molar-refractivity contribution < 1.29 is 0 Å². The van der Waals surface area contributed by atoms with Gasteiger partial charge in [0, 0.05) is 18.8 Å². The van der Waals surface area contributed by atoms with Crippen molar-refractivity contribution in [1.82, 2.24) is 10.2 Å². The number of para-hydroxylation sites is 1. The van der Waals surface area contributed by atoms with Crippen molar-refractivity contribution in [1.29, 1.82) is 0 Å². The molecule has 2 aromatic rings. The number of nitrogens with two attached hydrogens (primary N) is 1. The smallest absolute Gasteiger partial charge is 0.155 e. The highest BCUT2D eigenvalue weighted by Crippen LogP contribution is 2.25. The molecule has 4 heteroatoms. The van der Waals surface area contributed by atoms with E-state index >= 15 is 0 Å². The van der Waals surface area contributed by atoms with Crippen LogP contribution in [0.4, 0.5) is 11.5 Å². The van der Waals surface area contributed by atoms with Gasteiger partial charge in [0.05, 0.1) is 5.69 Å². The monoisotopic (exact) mass is 242 g/mol. The van der Waals surface area contributed by atoms with Gasteiger partial charge < -0.3 is 10.6 Å². The van der Waals surface area contributed by atoms with Gasteiger partial charge in [0.2, 0.25) is 0 Å². The molecule has 94 valence electrons. The van der Waals surface area contributed by atoms with Crippen LogP contribution < -0.4 is 10.6 Å². The standard InChI is InChI=1S/C14H18N4/c1-3-18(13-7-5-4-6-11(13)2)14-9-8-12(10-15)16-17-14/h4-9H,3,10,15H2,1-2H3. The number of hydrogen-bond acceptors (Lipinski definition) is 4. The summed E-state index contributed by atoms with van der Waals surface area (Å²) >= 11 is 0. The zero-order chi connectivity index (χ0) is 13.0. The van der Waals surface area contributed by atoms with Gasteiger partial charge in [-0.1, -0.05) is 18.2 Å². The van der Waals surface area contributed by atoms with E-state index < -0.39 is 0 Å². The van der Waals surface area contributed by atoms with E-state index in [4.69, 9.17) is 5.73 Å². The van der Waals surface area contributed by atoms with Crippen LogP contribution in [0.5, 0.6) is 0 Å². The summed E-state index contributed by atoms with van der Waals surface area (Å²) in [5.41, 5.74) is 8.72. The highest BCUT2D eigenvalue weighted by atomic mass is 15.3. The van der Waals surface area contributed by atoms with Gasteiger partial charge in [-0.2, -0.15) is 5.10 Å². The van der Waals surface area contributed by atoms with Gasteiger partial charge in [-0.15, -0.1) is 5.10 Å². The summed E-state index contributed by atoms with van der Waals surface area (Å²) in [6.07, 6.45) is 0. The fourth-order valence-corrected chi connectivity index (χ4v) is 1.93. The molecular weight excluding hydrogens is 224 g/mol. The highest BCUT2D eigenvalue weighted by Gasteiger charge is 2.10. The third kappa shape index (κ3) is 2.49. The summed E-state index contributed by atoms with van der Waals surface area (Å²) in [6.45, 7) is 5.47. The van der Waals surface area contributed by atoms with Crippen molar-refractivity contribution in [3.8, 4) is 0 Å². The van der Waals surface area contributed by atoms with Crippen LogP contribution in [-0.2, 0) is 6.54 Å². The molecule has 1 heterocycles. The zero-order valence-electron chi connectivity index (χ0n) is 10.8. The topological polar surface area (TPSA) is 55.0 Å². The quantitative estimate of drug-likeness (QED) is 0.894. The summed E-state index contributed by atoms with van der Waals surface area (Å²) in [7, 11) is 0. The van der Waals surface area contributed by atoms with Crippen LogP contribution in [0.3, 0.4) is 0 Å². The van der Waals surface area contributed by atoms with E-state index in [1.165, 1.54) is 5.56 Å². The minimum absolute atomic E-state index is 0.420. The van der Waals surface area contributed by atoms with Crippen molar-refractivity contribution in [3.63, 3.8) is 0 Å². The van der Waals surface area contributed by atoms with Gasteiger partial charge >= 0.3 is 0 Å². The molecule has 0 radical (unpaired) electrons. The summed E-state index contributed by atoms with van der Waals surface area (Å²) in [5, 5.41) is 8.34. The van der Waals surface area contributed by atoms with Gasteiger partial charge in [0.25, 0.3) is 0 Å². The van der Waals surface area contributed by atoms with Gasteiger partial charge in [0.1, 0.15) is 0 Å². The van der Waals surface area contributed by atoms with Crippen molar-refractivity contribution in [2.24, 2.45) is 5.73 Å². The molecule has 0 aliphatic rings. The number of benzene rings is 1. The second-order valence-electron chi connectivity index (χ2n) is 4.12. The van der Waals surface area contributed by atoms with Crippen molar-refractivity contribution in [2.75, 3.05) is 11.4 Å². The third-order valence-corrected chi connectivity index (χ3v) is 2.91. The maximum absolute atomic E-state index is 5.53. The summed E-state index contributed by atoms with van der Waals surface area (Å²) in [6, 6.07) is 12.1. The van der Waals surface area contributed by atoms with Crippen LogP contribution in [0.15, 0.2) is 36.4 Å². The molecule has 1 aromatic heterocycles. The second kappa shape index (κ2) is 5.60. The molecule has 0 atom stereocenters. The Labute approximate surface area is 107 Å². The molecule has 0 spiro atoms. The Kier molecular flexibility index (Phi) is 3.89. The molecule has 18 heavy (non-hydrogen) atoms. The zero-order valence-corrected chi connectivity index (χ0v) is 10.8. The van der Waals surface area contributed by atoms with Crippen LogP contribution in [0, 0.1) is 6.92 Å². The van der Waals surface area contributed by atoms with Crippen molar-refractivity contribution in [3.05, 3.63) is 47.7 Å². The van der Waals surface area contributed by atoms with E-state index in [1.54, 1.807) is 0 Å². The van der Waals surface area contributed by atoms with E-state index in [2.05, 4.69) is 41.1 Å². The Hall–Kier alpha value is -1.94. The van der Waals surface area contributed by atoms with Crippen LogP contribution in [0.2, 0.25) is 0 Å². The SMILES string of the molecule is CCN(c1ccc(CN)nn1)c1ccccc1C. The van der Waals surface area contributed by atoms with E-state index in [0.29, 0.717) is 6.54 Å². The first-order chi connectivity index (χ1) is 8.76. The molecule has 0 saturated carbocycles. The van der Waals surface area contributed by atoms with Gasteiger partial charge in [-0.05, 0) is 37.6 Å². The third-order valence-electron chi connectivity index (χ3n) is 2.91. The number of hydrogen-bond donors (Lipinski definition) is 1. The summed E-state index contributed by atoms with van der Waals surface area (Å²) < 4.78 is 0. The first kappa shape index (κ1) is 12.5. The highest BCUT2D eigenvalue weighted by molar-refractivity contribution is 5.63. The van der Waals surface area contributed by atoms with Crippen LogP contribution in [0.1, 0.15) is 18.2 Å². The number of anilines is 2. The Balaban J connectivity index is 2.36. The number of rotatable bonds is 4. The first-order valence-electron chi connectivity index (χ1n) is 6.12. The normalized spacial score (nSPS) is 10.4. The van der Waals surface area contributed by atoms with Crippen LogP contribution >= 0.6 is 0 Å². The van der Waals surface area contributed by atoms with Crippen LogP contribution in [0.25, 0.3) is 0 Å². The fraction of sp³-hybridized carbons (Fsp3) is 0.286. The Bertz CT molecular complexity index is 507. The lowest BCUT2D eigenvalue weighted by atomic mass is 10.2. The summed E-state index contributed by atoms with van der Waals surface area (Å²) in [4.78, 5) is 2.14. The van der Waals surface area contributed by atoms with Crippen LogP contribution in [-0.4, -0.2) is 16.7 Å². The minimum atomic E-state index is 0.420. The van der Waals surface area contributed by atoms with Crippen molar-refractivity contribution in [2.45, 2.75) is 20.4 Å². The van der Waals surface area contributed by atoms with E-state index in [9.17, 15) is 0 Å². The average Bonchev–Trinajstić information content (AvgIpc) is 2.42. The molecule has 2 N–H and O–H groups in total. The lowest BCUT2D eigenvalue weighted by Crippen LogP contribution is -2.19. The first-order valence-corrected chi connectivity index (χ1v) is 6.12. The molecule has 1 aromatic carbocycles. The number of aromatic nitrogens is 2. The molecule has 2 rings (SSSR count). The molecule has 0 bridgehead atoms. The second-order valence-corrected chi connectivity index (χ2v) is 4.12. The van der Waals surface area contributed by atoms with E-state index in [0.717, 1.165) is 23.7 Å². The average molecular weight is 242 g/mol. The molecule has 0 aliphatic heterocycles. The molecule has 0 saturated heterocycles. The molecule has 0 unspecified atom stereocenters. The molecule has 0 aliphatic carbocycles. The lowest BCUT2D eigenvalue weighted by Gasteiger charge is -2.23. The molecule has 0 fully saturated rings. The summed E-state index contributed by atoms with van der Waals surface area (Å²) in [5.74, 6) is 0.851. The van der Waals surface area contributed by atoms with Gasteiger partial charge in [-0.25, -0.2) is 0 Å². The molecule has 4 nitrogen and oxygen atoms in total. The fourth-order valence-electron chi connectivity index (χ4n) is 1.93. The minimum Gasteiger partial charge on any atom is -0.325 e. The largest absolute Gasteiger partial charge is 0.325 e. The predicted octanol–water partition coefficient (Wildman–Crippen LogP) is 2.40. The van der Waals surface area contributed by atoms with Gasteiger partial charge in [-0.3, -0.25) is 0 Å². The predicted molar refractivity (Wildman–Crippen MR) is 73.8 cm³/mol. The van der Waals surface area contributed by atoms with Gasteiger partial charge in [0.15, 0.2) is 5.82 Å². The van der Waals surface area contributed by atoms with E-state index in [1.807, 2.05) is 24.3 Å². The Morgan fingerprint density at radius 1 is 1.11 bits per heavy atom. The van der Waals surface area contributed by atoms with Crippen molar-refractivity contribution >= 4 is 11.5 Å². The number of aryl methyl sites for hydroxylation is 1. The number of nitrogens with zero attached hydrogens (tertiary/aromatic N) is 3.